The van der Waals surface area contributed by atoms with Crippen LogP contribution in [0.15, 0.2) is 66.7 Å². The quantitative estimate of drug-likeness (QED) is 0.369. The zero-order valence-electron chi connectivity index (χ0n) is 17.2. The van der Waals surface area contributed by atoms with Gasteiger partial charge >= 0.3 is 0 Å². The van der Waals surface area contributed by atoms with Gasteiger partial charge in [-0.05, 0) is 67.3 Å². The Hall–Kier alpha value is -2.83. The van der Waals surface area contributed by atoms with Gasteiger partial charge in [-0.25, -0.2) is 0 Å². The summed E-state index contributed by atoms with van der Waals surface area (Å²) < 4.78 is 42.2. The second-order valence-electron chi connectivity index (χ2n) is 7.34. The van der Waals surface area contributed by atoms with Gasteiger partial charge in [-0.1, -0.05) is 42.0 Å². The molecule has 6 heteroatoms. The lowest BCUT2D eigenvalue weighted by atomic mass is 10.0. The summed E-state index contributed by atoms with van der Waals surface area (Å²) in [4.78, 5) is 0. The van der Waals surface area contributed by atoms with Gasteiger partial charge in [0.15, 0.2) is 0 Å². The third kappa shape index (κ3) is 6.90. The van der Waals surface area contributed by atoms with Crippen molar-refractivity contribution in [3.8, 4) is 17.2 Å². The molecule has 0 spiro atoms. The van der Waals surface area contributed by atoms with Crippen LogP contribution in [-0.4, -0.2) is 25.3 Å². The van der Waals surface area contributed by atoms with Crippen molar-refractivity contribution in [1.29, 1.82) is 0 Å². The Kier molecular flexibility index (Phi) is 7.13. The van der Waals surface area contributed by atoms with Crippen LogP contribution in [0.2, 0.25) is 0 Å². The molecule has 0 bridgehead atoms. The summed E-state index contributed by atoms with van der Waals surface area (Å²) in [5, 5.41) is 0. The topological polar surface area (TPSA) is 72.8 Å². The lowest BCUT2D eigenvalue weighted by molar-refractivity contribution is 0.313. The van der Waals surface area contributed by atoms with Crippen LogP contribution in [0.1, 0.15) is 28.7 Å². The van der Waals surface area contributed by atoms with Gasteiger partial charge in [-0.2, -0.15) is 8.42 Å². The third-order valence-corrected chi connectivity index (χ3v) is 5.41. The van der Waals surface area contributed by atoms with Crippen molar-refractivity contribution in [3.63, 3.8) is 0 Å². The molecule has 0 saturated heterocycles. The molecule has 0 saturated carbocycles. The molecule has 0 aliphatic carbocycles. The fourth-order valence-corrected chi connectivity index (χ4v) is 3.49. The molecule has 0 aromatic heterocycles. The highest BCUT2D eigenvalue weighted by Gasteiger charge is 2.08. The van der Waals surface area contributed by atoms with Crippen molar-refractivity contribution in [3.05, 3.63) is 89.0 Å². The Labute approximate surface area is 178 Å². The lowest BCUT2D eigenvalue weighted by Gasteiger charge is -2.13. The highest BCUT2D eigenvalue weighted by atomic mass is 32.2. The molecule has 3 rings (SSSR count). The molecule has 0 heterocycles. The van der Waals surface area contributed by atoms with E-state index >= 15 is 0 Å². The third-order valence-electron chi connectivity index (χ3n) is 4.60. The molecule has 0 unspecified atom stereocenters. The van der Waals surface area contributed by atoms with E-state index in [1.807, 2.05) is 80.6 Å². The van der Waals surface area contributed by atoms with Crippen molar-refractivity contribution in [1.82, 2.24) is 0 Å². The minimum Gasteiger partial charge on any atom is -0.493 e. The summed E-state index contributed by atoms with van der Waals surface area (Å²) in [6, 6.07) is 21.8. The summed E-state index contributed by atoms with van der Waals surface area (Å²) in [5.41, 5.74) is 4.37. The van der Waals surface area contributed by atoms with Crippen LogP contribution in [-0.2, 0) is 16.5 Å². The van der Waals surface area contributed by atoms with E-state index in [0.717, 1.165) is 33.9 Å². The van der Waals surface area contributed by atoms with Gasteiger partial charge in [0.1, 0.15) is 17.2 Å². The SMILES string of the molecule is Cc1ccc(Oc2ccc(Cc3ccc(C)cc3OCCCS(=O)(=O)O)cc2)cc1. The van der Waals surface area contributed by atoms with E-state index in [1.165, 1.54) is 5.56 Å². The maximum Gasteiger partial charge on any atom is 0.264 e. The lowest BCUT2D eigenvalue weighted by Crippen LogP contribution is -2.09. The van der Waals surface area contributed by atoms with Gasteiger partial charge in [0.25, 0.3) is 10.1 Å². The van der Waals surface area contributed by atoms with E-state index < -0.39 is 10.1 Å². The maximum atomic E-state index is 10.9. The molecule has 0 aliphatic rings. The first-order valence-electron chi connectivity index (χ1n) is 9.79. The predicted molar refractivity (Wildman–Crippen MR) is 118 cm³/mol. The fraction of sp³-hybridized carbons (Fsp3) is 0.250. The molecular weight excluding hydrogens is 400 g/mol. The number of hydrogen-bond acceptors (Lipinski definition) is 4. The van der Waals surface area contributed by atoms with Crippen LogP contribution >= 0.6 is 0 Å². The van der Waals surface area contributed by atoms with E-state index in [1.54, 1.807) is 0 Å². The smallest absolute Gasteiger partial charge is 0.264 e. The van der Waals surface area contributed by atoms with Crippen molar-refractivity contribution in [2.24, 2.45) is 0 Å². The molecule has 3 aromatic rings. The Morgan fingerprint density at radius 3 is 2.07 bits per heavy atom. The van der Waals surface area contributed by atoms with Crippen molar-refractivity contribution in [2.45, 2.75) is 26.7 Å². The second-order valence-corrected chi connectivity index (χ2v) is 8.91. The number of benzene rings is 3. The summed E-state index contributed by atoms with van der Waals surface area (Å²) >= 11 is 0. The van der Waals surface area contributed by atoms with Crippen LogP contribution in [0, 0.1) is 13.8 Å². The predicted octanol–water partition coefficient (Wildman–Crippen LogP) is 5.34. The average molecular weight is 427 g/mol. The van der Waals surface area contributed by atoms with Crippen LogP contribution in [0.25, 0.3) is 0 Å². The first kappa shape index (κ1) is 21.9. The molecule has 158 valence electrons. The zero-order chi connectivity index (χ0) is 21.6. The summed E-state index contributed by atoms with van der Waals surface area (Å²) in [6.45, 7) is 4.24. The minimum absolute atomic E-state index is 0.222. The Bertz CT molecular complexity index is 1070. The van der Waals surface area contributed by atoms with Crippen molar-refractivity contribution < 1.29 is 22.4 Å². The standard InChI is InChI=1S/C24H26O5S/c1-18-5-10-22(11-6-18)29-23-12-7-20(8-13-23)17-21-9-4-19(2)16-24(21)28-14-3-15-30(25,26)27/h4-13,16H,3,14-15,17H2,1-2H3,(H,25,26,27). The Morgan fingerprint density at radius 2 is 1.43 bits per heavy atom. The molecular formula is C24H26O5S. The Morgan fingerprint density at radius 1 is 0.833 bits per heavy atom. The number of ether oxygens (including phenoxy) is 2. The van der Waals surface area contributed by atoms with Gasteiger partial charge in [0.2, 0.25) is 0 Å². The molecule has 5 nitrogen and oxygen atoms in total. The van der Waals surface area contributed by atoms with Crippen molar-refractivity contribution >= 4 is 10.1 Å². The molecule has 0 fully saturated rings. The van der Waals surface area contributed by atoms with Crippen LogP contribution in [0.3, 0.4) is 0 Å². The second kappa shape index (κ2) is 9.78. The normalized spacial score (nSPS) is 11.3. The summed E-state index contributed by atoms with van der Waals surface area (Å²) in [6.07, 6.45) is 0.913. The summed E-state index contributed by atoms with van der Waals surface area (Å²) in [7, 11) is -3.97. The number of hydrogen-bond donors (Lipinski definition) is 1. The van der Waals surface area contributed by atoms with Crippen LogP contribution in [0.4, 0.5) is 0 Å². The fourth-order valence-electron chi connectivity index (χ4n) is 3.00. The van der Waals surface area contributed by atoms with Gasteiger partial charge < -0.3 is 9.47 Å². The van der Waals surface area contributed by atoms with Gasteiger partial charge in [-0.3, -0.25) is 4.55 Å². The molecule has 0 radical (unpaired) electrons. The molecule has 0 atom stereocenters. The highest BCUT2D eigenvalue weighted by Crippen LogP contribution is 2.26. The molecule has 0 amide bonds. The molecule has 3 aromatic carbocycles. The molecule has 30 heavy (non-hydrogen) atoms. The van der Waals surface area contributed by atoms with E-state index in [2.05, 4.69) is 0 Å². The number of aryl methyl sites for hydroxylation is 2. The van der Waals surface area contributed by atoms with Crippen molar-refractivity contribution in [2.75, 3.05) is 12.4 Å². The maximum absolute atomic E-state index is 10.9. The van der Waals surface area contributed by atoms with Gasteiger partial charge in [0.05, 0.1) is 12.4 Å². The molecule has 1 N–H and O–H groups in total. The average Bonchev–Trinajstić information content (AvgIpc) is 2.69. The first-order chi connectivity index (χ1) is 14.3. The zero-order valence-corrected chi connectivity index (χ0v) is 18.0. The van der Waals surface area contributed by atoms with E-state index in [4.69, 9.17) is 14.0 Å². The Balaban J connectivity index is 1.64. The van der Waals surface area contributed by atoms with E-state index in [9.17, 15) is 8.42 Å². The summed E-state index contributed by atoms with van der Waals surface area (Å²) in [5.74, 6) is 1.99. The van der Waals surface area contributed by atoms with Gasteiger partial charge in [-0.15, -0.1) is 0 Å². The minimum atomic E-state index is -3.97. The van der Waals surface area contributed by atoms with E-state index in [0.29, 0.717) is 6.42 Å². The molecule has 0 aliphatic heterocycles. The van der Waals surface area contributed by atoms with E-state index in [-0.39, 0.29) is 18.8 Å². The highest BCUT2D eigenvalue weighted by molar-refractivity contribution is 7.85. The van der Waals surface area contributed by atoms with Crippen LogP contribution < -0.4 is 9.47 Å². The first-order valence-corrected chi connectivity index (χ1v) is 11.4. The monoisotopic (exact) mass is 426 g/mol. The largest absolute Gasteiger partial charge is 0.493 e. The number of rotatable bonds is 9. The van der Waals surface area contributed by atoms with Crippen LogP contribution in [0.5, 0.6) is 17.2 Å². The van der Waals surface area contributed by atoms with Gasteiger partial charge in [0, 0.05) is 6.42 Å².